The summed E-state index contributed by atoms with van der Waals surface area (Å²) in [5, 5.41) is 3.53. The minimum absolute atomic E-state index is 0. The average molecular weight is 285 g/mol. The number of benzene rings is 1. The van der Waals surface area contributed by atoms with Crippen molar-refractivity contribution in [3.8, 4) is 0 Å². The van der Waals surface area contributed by atoms with Crippen LogP contribution in [0.15, 0.2) is 24.3 Å². The molecule has 1 aromatic carbocycles. The Hall–Kier alpha value is -1.10. The second-order valence-corrected chi connectivity index (χ2v) is 4.71. The molecule has 1 N–H and O–H groups in total. The van der Waals surface area contributed by atoms with Crippen molar-refractivity contribution in [2.45, 2.75) is 12.5 Å². The molecule has 5 heteroatoms. The highest BCUT2D eigenvalue weighted by atomic mass is 35.5. The van der Waals surface area contributed by atoms with E-state index < -0.39 is 0 Å². The van der Waals surface area contributed by atoms with Crippen molar-refractivity contribution in [2.24, 2.45) is 0 Å². The molecule has 0 aliphatic carbocycles. The number of nitrogens with zero attached hydrogens (tertiary/aromatic N) is 1. The molecule has 1 atom stereocenters. The summed E-state index contributed by atoms with van der Waals surface area (Å²) in [5.74, 6) is -0.282. The Bertz CT molecular complexity index is 408. The average Bonchev–Trinajstić information content (AvgIpc) is 2.63. The molecule has 1 fully saturated rings. The Kier molecular flexibility index (Phi) is 6.28. The first-order valence-electron chi connectivity index (χ1n) is 6.31. The molecule has 4 nitrogen and oxygen atoms in total. The summed E-state index contributed by atoms with van der Waals surface area (Å²) in [4.78, 5) is 13.7. The van der Waals surface area contributed by atoms with Gasteiger partial charge in [-0.2, -0.15) is 0 Å². The molecular formula is C14H21ClN2O2. The number of methoxy groups -OCH3 is 1. The van der Waals surface area contributed by atoms with Crippen LogP contribution in [0.4, 0.5) is 0 Å². The Morgan fingerprint density at radius 1 is 1.32 bits per heavy atom. The van der Waals surface area contributed by atoms with Gasteiger partial charge in [-0.25, -0.2) is 4.79 Å². The molecule has 0 radical (unpaired) electrons. The molecule has 106 valence electrons. The third-order valence-electron chi connectivity index (χ3n) is 3.42. The summed E-state index contributed by atoms with van der Waals surface area (Å²) in [6, 6.07) is 8.06. The smallest absolute Gasteiger partial charge is 0.337 e. The Balaban J connectivity index is 0.00000180. The molecule has 0 saturated carbocycles. The van der Waals surface area contributed by atoms with Gasteiger partial charge in [0.1, 0.15) is 0 Å². The van der Waals surface area contributed by atoms with Gasteiger partial charge in [-0.3, -0.25) is 0 Å². The van der Waals surface area contributed by atoms with Crippen LogP contribution in [-0.2, 0) is 4.74 Å². The van der Waals surface area contributed by atoms with Gasteiger partial charge in [0.05, 0.1) is 12.7 Å². The Morgan fingerprint density at radius 3 is 2.63 bits per heavy atom. The van der Waals surface area contributed by atoms with Gasteiger partial charge in [0.25, 0.3) is 0 Å². The fourth-order valence-electron chi connectivity index (χ4n) is 2.25. The largest absolute Gasteiger partial charge is 0.465 e. The minimum atomic E-state index is -0.282. The molecule has 1 heterocycles. The number of hydrogen-bond donors (Lipinski definition) is 1. The number of ether oxygens (including phenoxy) is 1. The molecule has 0 amide bonds. The summed E-state index contributed by atoms with van der Waals surface area (Å²) < 4.78 is 4.69. The third kappa shape index (κ3) is 4.20. The normalized spacial score (nSPS) is 20.2. The molecule has 19 heavy (non-hydrogen) atoms. The summed E-state index contributed by atoms with van der Waals surface area (Å²) in [6.45, 7) is 3.17. The van der Waals surface area contributed by atoms with Gasteiger partial charge in [0.2, 0.25) is 0 Å². The lowest BCUT2D eigenvalue weighted by atomic mass is 10.0. The zero-order valence-corrected chi connectivity index (χ0v) is 12.2. The van der Waals surface area contributed by atoms with Gasteiger partial charge in [-0.1, -0.05) is 12.1 Å². The SMILES string of the molecule is COC(=O)c1ccc(C2CCN(C)CCN2)cc1.Cl. The highest BCUT2D eigenvalue weighted by Crippen LogP contribution is 2.19. The van der Waals surface area contributed by atoms with Gasteiger partial charge >= 0.3 is 5.97 Å². The van der Waals surface area contributed by atoms with Gasteiger partial charge in [-0.05, 0) is 37.7 Å². The number of likely N-dealkylation sites (N-methyl/N-ethyl adjacent to an activating group) is 1. The second kappa shape index (κ2) is 7.48. The van der Waals surface area contributed by atoms with Gasteiger partial charge < -0.3 is 15.0 Å². The van der Waals surface area contributed by atoms with E-state index in [-0.39, 0.29) is 18.4 Å². The van der Waals surface area contributed by atoms with Gasteiger partial charge in [-0.15, -0.1) is 12.4 Å². The second-order valence-electron chi connectivity index (χ2n) is 4.71. The van der Waals surface area contributed by atoms with Crippen molar-refractivity contribution in [3.63, 3.8) is 0 Å². The van der Waals surface area contributed by atoms with Crippen molar-refractivity contribution >= 4 is 18.4 Å². The van der Waals surface area contributed by atoms with Crippen LogP contribution in [0.2, 0.25) is 0 Å². The van der Waals surface area contributed by atoms with E-state index in [9.17, 15) is 4.79 Å². The van der Waals surface area contributed by atoms with Crippen LogP contribution in [-0.4, -0.2) is 44.7 Å². The number of carbonyl (C=O) groups excluding carboxylic acids is 1. The van der Waals surface area contributed by atoms with Crippen LogP contribution in [0.25, 0.3) is 0 Å². The fraction of sp³-hybridized carbons (Fsp3) is 0.500. The van der Waals surface area contributed by atoms with Gasteiger partial charge in [0, 0.05) is 19.1 Å². The molecule has 1 saturated heterocycles. The molecule has 0 spiro atoms. The van der Waals surface area contributed by atoms with E-state index in [1.807, 2.05) is 24.3 Å². The number of carbonyl (C=O) groups is 1. The first-order chi connectivity index (χ1) is 8.70. The van der Waals surface area contributed by atoms with E-state index in [4.69, 9.17) is 4.74 Å². The Labute approximate surface area is 120 Å². The lowest BCUT2D eigenvalue weighted by Gasteiger charge is -2.16. The first-order valence-corrected chi connectivity index (χ1v) is 6.31. The van der Waals surface area contributed by atoms with Crippen LogP contribution in [0.1, 0.15) is 28.4 Å². The van der Waals surface area contributed by atoms with Crippen LogP contribution in [0.3, 0.4) is 0 Å². The van der Waals surface area contributed by atoms with E-state index in [0.29, 0.717) is 11.6 Å². The maximum absolute atomic E-state index is 11.4. The molecule has 2 rings (SSSR count). The maximum atomic E-state index is 11.4. The molecule has 1 unspecified atom stereocenters. The summed E-state index contributed by atoms with van der Waals surface area (Å²) in [5.41, 5.74) is 1.84. The molecule has 0 aromatic heterocycles. The first kappa shape index (κ1) is 16.0. The Morgan fingerprint density at radius 2 is 2.00 bits per heavy atom. The zero-order chi connectivity index (χ0) is 13.0. The summed E-state index contributed by atoms with van der Waals surface area (Å²) in [6.07, 6.45) is 1.09. The third-order valence-corrected chi connectivity index (χ3v) is 3.42. The predicted molar refractivity (Wildman–Crippen MR) is 77.9 cm³/mol. The lowest BCUT2D eigenvalue weighted by molar-refractivity contribution is 0.0600. The molecule has 1 aromatic rings. The summed E-state index contributed by atoms with van der Waals surface area (Å²) in [7, 11) is 3.54. The van der Waals surface area contributed by atoms with Crippen LogP contribution >= 0.6 is 12.4 Å². The lowest BCUT2D eigenvalue weighted by Crippen LogP contribution is -2.25. The maximum Gasteiger partial charge on any atom is 0.337 e. The number of esters is 1. The quantitative estimate of drug-likeness (QED) is 0.842. The standard InChI is InChI=1S/C14H20N2O2.ClH/c1-16-9-7-13(15-8-10-16)11-3-5-12(6-4-11)14(17)18-2;/h3-6,13,15H,7-10H2,1-2H3;1H. The minimum Gasteiger partial charge on any atom is -0.465 e. The number of rotatable bonds is 2. The van der Waals surface area contributed by atoms with Crippen molar-refractivity contribution in [1.82, 2.24) is 10.2 Å². The monoisotopic (exact) mass is 284 g/mol. The van der Waals surface area contributed by atoms with Gasteiger partial charge in [0.15, 0.2) is 0 Å². The zero-order valence-electron chi connectivity index (χ0n) is 11.4. The molecule has 1 aliphatic heterocycles. The van der Waals surface area contributed by atoms with E-state index in [0.717, 1.165) is 26.1 Å². The van der Waals surface area contributed by atoms with Crippen molar-refractivity contribution in [2.75, 3.05) is 33.8 Å². The highest BCUT2D eigenvalue weighted by molar-refractivity contribution is 5.89. The van der Waals surface area contributed by atoms with Crippen LogP contribution in [0, 0.1) is 0 Å². The van der Waals surface area contributed by atoms with Crippen LogP contribution < -0.4 is 5.32 Å². The highest BCUT2D eigenvalue weighted by Gasteiger charge is 2.16. The van der Waals surface area contributed by atoms with Crippen molar-refractivity contribution in [1.29, 1.82) is 0 Å². The predicted octanol–water partition coefficient (Wildman–Crippen LogP) is 1.86. The van der Waals surface area contributed by atoms with E-state index in [1.165, 1.54) is 12.7 Å². The van der Waals surface area contributed by atoms with E-state index >= 15 is 0 Å². The number of halogens is 1. The molecule has 0 bridgehead atoms. The number of hydrogen-bond acceptors (Lipinski definition) is 4. The van der Waals surface area contributed by atoms with Crippen molar-refractivity contribution in [3.05, 3.63) is 35.4 Å². The molecular weight excluding hydrogens is 264 g/mol. The molecule has 1 aliphatic rings. The topological polar surface area (TPSA) is 41.6 Å². The summed E-state index contributed by atoms with van der Waals surface area (Å²) >= 11 is 0. The van der Waals surface area contributed by atoms with E-state index in [1.54, 1.807) is 0 Å². The van der Waals surface area contributed by atoms with Crippen LogP contribution in [0.5, 0.6) is 0 Å². The fourth-order valence-corrected chi connectivity index (χ4v) is 2.25. The number of nitrogens with one attached hydrogen (secondary N) is 1. The van der Waals surface area contributed by atoms with E-state index in [2.05, 4.69) is 17.3 Å². The van der Waals surface area contributed by atoms with Crippen molar-refractivity contribution < 1.29 is 9.53 Å².